The first kappa shape index (κ1) is 14.2. The zero-order valence-corrected chi connectivity index (χ0v) is 11.6. The first-order valence-electron chi connectivity index (χ1n) is 6.60. The summed E-state index contributed by atoms with van der Waals surface area (Å²) in [6, 6.07) is 0. The molecule has 1 saturated heterocycles. The van der Waals surface area contributed by atoms with Crippen molar-refractivity contribution in [1.29, 1.82) is 0 Å². The highest BCUT2D eigenvalue weighted by Gasteiger charge is 2.49. The lowest BCUT2D eigenvalue weighted by Crippen LogP contribution is -2.27. The van der Waals surface area contributed by atoms with Crippen LogP contribution in [0.3, 0.4) is 0 Å². The Hall–Kier alpha value is -1.80. The maximum absolute atomic E-state index is 14.8. The number of aliphatic hydroxyl groups is 1. The van der Waals surface area contributed by atoms with Gasteiger partial charge in [-0.2, -0.15) is 0 Å². The fourth-order valence-corrected chi connectivity index (χ4v) is 2.73. The van der Waals surface area contributed by atoms with Crippen molar-refractivity contribution in [2.45, 2.75) is 44.4 Å². The van der Waals surface area contributed by atoms with Crippen molar-refractivity contribution in [3.8, 4) is 0 Å². The summed E-state index contributed by atoms with van der Waals surface area (Å²) in [5.74, 6) is -0.648. The van der Waals surface area contributed by atoms with Gasteiger partial charge in [-0.15, -0.1) is 0 Å². The molecule has 1 aliphatic heterocycles. The average molecular weight is 298 g/mol. The van der Waals surface area contributed by atoms with Crippen LogP contribution in [0.5, 0.6) is 0 Å². The third-order valence-corrected chi connectivity index (χ3v) is 3.80. The average Bonchev–Trinajstić information content (AvgIpc) is 2.88. The first-order chi connectivity index (χ1) is 9.81. The molecule has 3 N–H and O–H groups in total. The summed E-state index contributed by atoms with van der Waals surface area (Å²) in [5, 5.41) is 9.63. The minimum absolute atomic E-state index is 0.0111. The molecule has 0 saturated carbocycles. The number of aliphatic hydroxyl groups excluding tert-OH is 1. The SMILES string of the molecule is CC(O)[C@@H]1C[C@@](C)(F)[C@H](n2cc(F)c3c(N)ncnc32)O1. The molecule has 2 aromatic heterocycles. The normalized spacial score (nSPS) is 30.9. The molecular formula is C13H16F2N4O2. The van der Waals surface area contributed by atoms with E-state index in [1.54, 1.807) is 0 Å². The molecule has 0 spiro atoms. The molecule has 1 unspecified atom stereocenters. The van der Waals surface area contributed by atoms with Crippen molar-refractivity contribution >= 4 is 16.9 Å². The van der Waals surface area contributed by atoms with E-state index in [4.69, 9.17) is 10.5 Å². The molecule has 2 aromatic rings. The third kappa shape index (κ3) is 2.14. The Morgan fingerprint density at radius 2 is 2.29 bits per heavy atom. The second kappa shape index (κ2) is 4.60. The van der Waals surface area contributed by atoms with Crippen molar-refractivity contribution in [2.75, 3.05) is 5.73 Å². The van der Waals surface area contributed by atoms with Crippen LogP contribution >= 0.6 is 0 Å². The number of nitrogens with two attached hydrogens (primary N) is 1. The van der Waals surface area contributed by atoms with Gasteiger partial charge < -0.3 is 15.6 Å². The van der Waals surface area contributed by atoms with E-state index in [-0.39, 0.29) is 23.3 Å². The van der Waals surface area contributed by atoms with Gasteiger partial charge >= 0.3 is 0 Å². The maximum Gasteiger partial charge on any atom is 0.169 e. The van der Waals surface area contributed by atoms with Crippen LogP contribution in [0.15, 0.2) is 12.5 Å². The minimum atomic E-state index is -1.76. The van der Waals surface area contributed by atoms with Gasteiger partial charge in [-0.25, -0.2) is 18.7 Å². The number of rotatable bonds is 2. The molecule has 3 rings (SSSR count). The summed E-state index contributed by atoms with van der Waals surface area (Å²) in [5.41, 5.74) is 4.04. The van der Waals surface area contributed by atoms with E-state index in [2.05, 4.69) is 9.97 Å². The molecular weight excluding hydrogens is 282 g/mol. The molecule has 0 amide bonds. The molecule has 0 radical (unpaired) electrons. The van der Waals surface area contributed by atoms with Gasteiger partial charge in [0.2, 0.25) is 0 Å². The lowest BCUT2D eigenvalue weighted by atomic mass is 10.00. The van der Waals surface area contributed by atoms with Gasteiger partial charge in [0.25, 0.3) is 0 Å². The van der Waals surface area contributed by atoms with Gasteiger partial charge in [0.15, 0.2) is 23.4 Å². The molecule has 6 nitrogen and oxygen atoms in total. The molecule has 0 aromatic carbocycles. The standard InChI is InChI=1S/C13H16F2N4O2/c1-6(20)8-3-13(2,15)12(21-8)19-4-7(14)9-10(16)17-5-18-11(9)19/h4-6,8,12,20H,3H2,1-2H3,(H2,16,17,18)/t6?,8-,12+,13+/m0/s1. The van der Waals surface area contributed by atoms with Crippen LogP contribution in [-0.4, -0.2) is 37.5 Å². The zero-order valence-electron chi connectivity index (χ0n) is 11.6. The molecule has 0 bridgehead atoms. The number of ether oxygens (including phenoxy) is 1. The van der Waals surface area contributed by atoms with Crippen molar-refractivity contribution in [3.63, 3.8) is 0 Å². The number of hydrogen-bond donors (Lipinski definition) is 2. The summed E-state index contributed by atoms with van der Waals surface area (Å²) < 4.78 is 35.6. The number of nitrogens with zero attached hydrogens (tertiary/aromatic N) is 3. The topological polar surface area (TPSA) is 86.2 Å². The van der Waals surface area contributed by atoms with Crippen LogP contribution in [0.1, 0.15) is 26.5 Å². The summed E-state index contributed by atoms with van der Waals surface area (Å²) in [7, 11) is 0. The van der Waals surface area contributed by atoms with Gasteiger partial charge in [-0.05, 0) is 13.8 Å². The van der Waals surface area contributed by atoms with E-state index in [0.717, 1.165) is 6.20 Å². The second-order valence-electron chi connectivity index (χ2n) is 5.59. The number of anilines is 1. The van der Waals surface area contributed by atoms with Crippen molar-refractivity contribution in [1.82, 2.24) is 14.5 Å². The molecule has 1 aliphatic rings. The number of hydrogen-bond acceptors (Lipinski definition) is 5. The number of halogens is 2. The predicted octanol–water partition coefficient (Wildman–Crippen LogP) is 1.55. The second-order valence-corrected chi connectivity index (χ2v) is 5.59. The fraction of sp³-hybridized carbons (Fsp3) is 0.538. The Kier molecular flexibility index (Phi) is 3.10. The zero-order chi connectivity index (χ0) is 15.4. The Balaban J connectivity index is 2.11. The van der Waals surface area contributed by atoms with E-state index < -0.39 is 29.9 Å². The van der Waals surface area contributed by atoms with Gasteiger partial charge in [0, 0.05) is 12.6 Å². The van der Waals surface area contributed by atoms with Crippen molar-refractivity contribution in [3.05, 3.63) is 18.3 Å². The lowest BCUT2D eigenvalue weighted by molar-refractivity contribution is -0.0752. The van der Waals surface area contributed by atoms with Crippen LogP contribution in [0, 0.1) is 5.82 Å². The van der Waals surface area contributed by atoms with Gasteiger partial charge in [-0.3, -0.25) is 4.57 Å². The summed E-state index contributed by atoms with van der Waals surface area (Å²) in [6.45, 7) is 2.88. The van der Waals surface area contributed by atoms with Crippen molar-refractivity contribution < 1.29 is 18.6 Å². The smallest absolute Gasteiger partial charge is 0.169 e. The number of fused-ring (bicyclic) bond motifs is 1. The summed E-state index contributed by atoms with van der Waals surface area (Å²) >= 11 is 0. The summed E-state index contributed by atoms with van der Waals surface area (Å²) in [6.07, 6.45) is -0.274. The quantitative estimate of drug-likeness (QED) is 0.878. The van der Waals surface area contributed by atoms with E-state index in [9.17, 15) is 13.9 Å². The summed E-state index contributed by atoms with van der Waals surface area (Å²) in [4.78, 5) is 7.69. The van der Waals surface area contributed by atoms with Crippen LogP contribution in [0.2, 0.25) is 0 Å². The fourth-order valence-electron chi connectivity index (χ4n) is 2.73. The van der Waals surface area contributed by atoms with Crippen LogP contribution in [0.25, 0.3) is 11.0 Å². The largest absolute Gasteiger partial charge is 0.391 e. The van der Waals surface area contributed by atoms with Crippen molar-refractivity contribution in [2.24, 2.45) is 0 Å². The van der Waals surface area contributed by atoms with E-state index >= 15 is 0 Å². The van der Waals surface area contributed by atoms with Crippen LogP contribution in [-0.2, 0) is 4.74 Å². The molecule has 0 aliphatic carbocycles. The highest BCUT2D eigenvalue weighted by atomic mass is 19.1. The van der Waals surface area contributed by atoms with Gasteiger partial charge in [-0.1, -0.05) is 0 Å². The lowest BCUT2D eigenvalue weighted by Gasteiger charge is -2.23. The highest BCUT2D eigenvalue weighted by molar-refractivity contribution is 5.86. The van der Waals surface area contributed by atoms with Gasteiger partial charge in [0.1, 0.15) is 12.1 Å². The van der Waals surface area contributed by atoms with Crippen LogP contribution < -0.4 is 5.73 Å². The van der Waals surface area contributed by atoms with E-state index in [0.29, 0.717) is 0 Å². The monoisotopic (exact) mass is 298 g/mol. The van der Waals surface area contributed by atoms with E-state index in [1.807, 2.05) is 0 Å². The molecule has 1 fully saturated rings. The van der Waals surface area contributed by atoms with Crippen LogP contribution in [0.4, 0.5) is 14.6 Å². The molecule has 21 heavy (non-hydrogen) atoms. The highest BCUT2D eigenvalue weighted by Crippen LogP contribution is 2.43. The maximum atomic E-state index is 14.8. The Morgan fingerprint density at radius 3 is 2.90 bits per heavy atom. The molecule has 114 valence electrons. The minimum Gasteiger partial charge on any atom is -0.391 e. The molecule has 4 atom stereocenters. The third-order valence-electron chi connectivity index (χ3n) is 3.80. The molecule has 8 heteroatoms. The Bertz CT molecular complexity index is 686. The van der Waals surface area contributed by atoms with Gasteiger partial charge in [0.05, 0.1) is 17.6 Å². The number of aromatic nitrogens is 3. The first-order valence-corrected chi connectivity index (χ1v) is 6.60. The molecule has 3 heterocycles. The Labute approximate surface area is 119 Å². The number of nitrogen functional groups attached to an aromatic ring is 1. The van der Waals surface area contributed by atoms with E-state index in [1.165, 1.54) is 24.7 Å². The Morgan fingerprint density at radius 1 is 1.57 bits per heavy atom. The predicted molar refractivity (Wildman–Crippen MR) is 71.6 cm³/mol. The number of alkyl halides is 1.